The topological polar surface area (TPSA) is 77.0 Å². The number of carbonyl (C=O) groups is 1. The Kier molecular flexibility index (Phi) is 5.17. The van der Waals surface area contributed by atoms with Gasteiger partial charge in [0.2, 0.25) is 0 Å². The fourth-order valence-corrected chi connectivity index (χ4v) is 2.09. The van der Waals surface area contributed by atoms with Crippen LogP contribution in [-0.4, -0.2) is 42.3 Å². The minimum absolute atomic E-state index is 0.179. The molecule has 1 unspecified atom stereocenters. The molecule has 6 heteroatoms. The molecule has 1 aliphatic rings. The van der Waals surface area contributed by atoms with Gasteiger partial charge in [0.25, 0.3) is 0 Å². The van der Waals surface area contributed by atoms with Gasteiger partial charge in [0.1, 0.15) is 12.7 Å². The summed E-state index contributed by atoms with van der Waals surface area (Å²) in [5, 5.41) is 12.0. The van der Waals surface area contributed by atoms with Gasteiger partial charge in [-0.3, -0.25) is 0 Å². The van der Waals surface area contributed by atoms with E-state index in [1.54, 1.807) is 13.8 Å². The molecule has 0 bridgehead atoms. The summed E-state index contributed by atoms with van der Waals surface area (Å²) in [6.45, 7) is 3.82. The van der Waals surface area contributed by atoms with E-state index in [9.17, 15) is 9.90 Å². The van der Waals surface area contributed by atoms with E-state index in [-0.39, 0.29) is 13.2 Å². The first kappa shape index (κ1) is 15.8. The Morgan fingerprint density at radius 3 is 2.76 bits per heavy atom. The van der Waals surface area contributed by atoms with Crippen molar-refractivity contribution in [2.24, 2.45) is 0 Å². The molecular weight excluding hydrogens is 274 g/mol. The Bertz CT molecular complexity index is 462. The molecular formula is C15H21NO5. The Balaban J connectivity index is 1.80. The fraction of sp³-hybridized carbons (Fsp3) is 0.533. The summed E-state index contributed by atoms with van der Waals surface area (Å²) in [7, 11) is 0. The Morgan fingerprint density at radius 2 is 2.19 bits per heavy atom. The molecule has 116 valence electrons. The SMILES string of the molecule is CC1(C)OC[C@@H](C(CO)NC(=O)OCc2ccccc2)O1. The molecule has 2 rings (SSSR count). The van der Waals surface area contributed by atoms with Gasteiger partial charge in [-0.15, -0.1) is 0 Å². The van der Waals surface area contributed by atoms with Crippen LogP contribution in [0, 0.1) is 0 Å². The van der Waals surface area contributed by atoms with E-state index < -0.39 is 24.0 Å². The zero-order chi connectivity index (χ0) is 15.3. The first-order valence-electron chi connectivity index (χ1n) is 6.90. The molecule has 6 nitrogen and oxygen atoms in total. The second kappa shape index (κ2) is 6.89. The number of benzene rings is 1. The van der Waals surface area contributed by atoms with Gasteiger partial charge in [0.05, 0.1) is 19.3 Å². The van der Waals surface area contributed by atoms with Crippen molar-refractivity contribution in [1.29, 1.82) is 0 Å². The number of ether oxygens (including phenoxy) is 3. The van der Waals surface area contributed by atoms with Crippen molar-refractivity contribution in [3.63, 3.8) is 0 Å². The monoisotopic (exact) mass is 295 g/mol. The van der Waals surface area contributed by atoms with Crippen LogP contribution in [0.3, 0.4) is 0 Å². The number of hydrogen-bond donors (Lipinski definition) is 2. The predicted molar refractivity (Wildman–Crippen MR) is 75.5 cm³/mol. The maximum Gasteiger partial charge on any atom is 0.407 e. The van der Waals surface area contributed by atoms with Gasteiger partial charge in [-0.1, -0.05) is 30.3 Å². The van der Waals surface area contributed by atoms with Crippen LogP contribution in [0.2, 0.25) is 0 Å². The number of aliphatic hydroxyl groups is 1. The average molecular weight is 295 g/mol. The molecule has 1 fully saturated rings. The lowest BCUT2D eigenvalue weighted by Crippen LogP contribution is -2.47. The zero-order valence-electron chi connectivity index (χ0n) is 12.2. The molecule has 1 aromatic rings. The van der Waals surface area contributed by atoms with Crippen LogP contribution < -0.4 is 5.32 Å². The van der Waals surface area contributed by atoms with Crippen LogP contribution in [-0.2, 0) is 20.8 Å². The summed E-state index contributed by atoms with van der Waals surface area (Å²) < 4.78 is 16.1. The molecule has 1 saturated heterocycles. The second-order valence-corrected chi connectivity index (χ2v) is 5.36. The van der Waals surface area contributed by atoms with Crippen LogP contribution in [0.15, 0.2) is 30.3 Å². The Morgan fingerprint density at radius 1 is 1.48 bits per heavy atom. The fourth-order valence-electron chi connectivity index (χ4n) is 2.09. The maximum absolute atomic E-state index is 11.8. The van der Waals surface area contributed by atoms with Crippen LogP contribution in [0.5, 0.6) is 0 Å². The molecule has 1 aliphatic heterocycles. The highest BCUT2D eigenvalue weighted by Crippen LogP contribution is 2.24. The van der Waals surface area contributed by atoms with Crippen molar-refractivity contribution in [3.05, 3.63) is 35.9 Å². The number of rotatable bonds is 5. The van der Waals surface area contributed by atoms with Gasteiger partial charge < -0.3 is 24.6 Å². The second-order valence-electron chi connectivity index (χ2n) is 5.36. The molecule has 0 radical (unpaired) electrons. The van der Waals surface area contributed by atoms with Crippen LogP contribution in [0.25, 0.3) is 0 Å². The normalized spacial score (nSPS) is 21.8. The van der Waals surface area contributed by atoms with Gasteiger partial charge >= 0.3 is 6.09 Å². The van der Waals surface area contributed by atoms with Gasteiger partial charge in [-0.05, 0) is 19.4 Å². The first-order chi connectivity index (χ1) is 10.00. The summed E-state index contributed by atoms with van der Waals surface area (Å²) in [6.07, 6.45) is -0.986. The van der Waals surface area contributed by atoms with Crippen molar-refractivity contribution in [1.82, 2.24) is 5.32 Å². The maximum atomic E-state index is 11.8. The van der Waals surface area contributed by atoms with Gasteiger partial charge in [0, 0.05) is 0 Å². The third kappa shape index (κ3) is 4.70. The molecule has 0 aromatic heterocycles. The van der Waals surface area contributed by atoms with Crippen molar-refractivity contribution in [3.8, 4) is 0 Å². The smallest absolute Gasteiger partial charge is 0.407 e. The molecule has 2 N–H and O–H groups in total. The number of carbonyl (C=O) groups excluding carboxylic acids is 1. The largest absolute Gasteiger partial charge is 0.445 e. The summed E-state index contributed by atoms with van der Waals surface area (Å²) >= 11 is 0. The summed E-state index contributed by atoms with van der Waals surface area (Å²) in [5.41, 5.74) is 0.898. The summed E-state index contributed by atoms with van der Waals surface area (Å²) in [6, 6.07) is 8.82. The quantitative estimate of drug-likeness (QED) is 0.859. The van der Waals surface area contributed by atoms with Gasteiger partial charge in [0.15, 0.2) is 5.79 Å². The summed E-state index contributed by atoms with van der Waals surface area (Å²) in [5.74, 6) is -0.701. The number of hydrogen-bond acceptors (Lipinski definition) is 5. The summed E-state index contributed by atoms with van der Waals surface area (Å²) in [4.78, 5) is 11.8. The van der Waals surface area contributed by atoms with E-state index >= 15 is 0 Å². The third-order valence-corrected chi connectivity index (χ3v) is 3.19. The number of amides is 1. The highest BCUT2D eigenvalue weighted by molar-refractivity contribution is 5.67. The number of alkyl carbamates (subject to hydrolysis) is 1. The average Bonchev–Trinajstić information content (AvgIpc) is 2.83. The van der Waals surface area contributed by atoms with Gasteiger partial charge in [-0.2, -0.15) is 0 Å². The molecule has 1 amide bonds. The number of aliphatic hydroxyl groups excluding tert-OH is 1. The number of nitrogens with one attached hydrogen (secondary N) is 1. The van der Waals surface area contributed by atoms with E-state index in [1.807, 2.05) is 30.3 Å². The highest BCUT2D eigenvalue weighted by atomic mass is 16.7. The van der Waals surface area contributed by atoms with Crippen LogP contribution in [0.1, 0.15) is 19.4 Å². The minimum atomic E-state index is -0.701. The Labute approximate surface area is 124 Å². The third-order valence-electron chi connectivity index (χ3n) is 3.19. The Hall–Kier alpha value is -1.63. The lowest BCUT2D eigenvalue weighted by Gasteiger charge is -2.23. The molecule has 21 heavy (non-hydrogen) atoms. The first-order valence-corrected chi connectivity index (χ1v) is 6.90. The van der Waals surface area contributed by atoms with Crippen molar-refractivity contribution < 1.29 is 24.1 Å². The molecule has 0 aliphatic carbocycles. The molecule has 0 saturated carbocycles. The lowest BCUT2D eigenvalue weighted by atomic mass is 10.2. The molecule has 1 aromatic carbocycles. The van der Waals surface area contributed by atoms with Crippen molar-refractivity contribution in [2.45, 2.75) is 38.4 Å². The molecule has 1 heterocycles. The standard InChI is InChI=1S/C15H21NO5/c1-15(2)20-10-13(21-15)12(8-17)16-14(18)19-9-11-6-4-3-5-7-11/h3-7,12-13,17H,8-10H2,1-2H3,(H,16,18)/t12?,13-/m0/s1. The van der Waals surface area contributed by atoms with E-state index in [0.717, 1.165) is 5.56 Å². The molecule has 0 spiro atoms. The van der Waals surface area contributed by atoms with E-state index in [0.29, 0.717) is 6.61 Å². The minimum Gasteiger partial charge on any atom is -0.445 e. The lowest BCUT2D eigenvalue weighted by molar-refractivity contribution is -0.142. The van der Waals surface area contributed by atoms with E-state index in [1.165, 1.54) is 0 Å². The van der Waals surface area contributed by atoms with Crippen molar-refractivity contribution in [2.75, 3.05) is 13.2 Å². The molecule has 2 atom stereocenters. The van der Waals surface area contributed by atoms with E-state index in [4.69, 9.17) is 14.2 Å². The highest BCUT2D eigenvalue weighted by Gasteiger charge is 2.37. The van der Waals surface area contributed by atoms with Gasteiger partial charge in [-0.25, -0.2) is 4.79 Å². The van der Waals surface area contributed by atoms with Crippen molar-refractivity contribution >= 4 is 6.09 Å². The predicted octanol–water partition coefficient (Wildman–Crippen LogP) is 1.43. The zero-order valence-corrected chi connectivity index (χ0v) is 12.2. The van der Waals surface area contributed by atoms with Crippen LogP contribution >= 0.6 is 0 Å². The van der Waals surface area contributed by atoms with Crippen LogP contribution in [0.4, 0.5) is 4.79 Å². The van der Waals surface area contributed by atoms with E-state index in [2.05, 4.69) is 5.32 Å².